The summed E-state index contributed by atoms with van der Waals surface area (Å²) in [7, 11) is 1.25. The lowest BCUT2D eigenvalue weighted by Gasteiger charge is -2.16. The lowest BCUT2D eigenvalue weighted by atomic mass is 9.94. The van der Waals surface area contributed by atoms with Gasteiger partial charge in [-0.25, -0.2) is 0 Å². The number of hydrogen-bond donors (Lipinski definition) is 2. The van der Waals surface area contributed by atoms with E-state index in [1.807, 2.05) is 0 Å². The molecule has 0 amide bonds. The van der Waals surface area contributed by atoms with Crippen molar-refractivity contribution < 1.29 is 37.3 Å². The molecule has 0 radical (unpaired) electrons. The second kappa shape index (κ2) is 7.91. The highest BCUT2D eigenvalue weighted by Crippen LogP contribution is 2.41. The highest BCUT2D eigenvalue weighted by atomic mass is 35.5. The molecule has 0 spiro atoms. The molecule has 0 saturated heterocycles. The number of aromatic nitrogens is 1. The maximum atomic E-state index is 13.4. The number of para-hydroxylation sites is 1. The number of aromatic amines is 1. The number of hydrogen-bond acceptors (Lipinski definition) is 4. The van der Waals surface area contributed by atoms with Gasteiger partial charge in [0.1, 0.15) is 11.5 Å². The summed E-state index contributed by atoms with van der Waals surface area (Å²) in [5.74, 6) is -2.78. The second-order valence-electron chi connectivity index (χ2n) is 6.36. The van der Waals surface area contributed by atoms with Gasteiger partial charge in [0.2, 0.25) is 5.78 Å². The first-order valence-corrected chi connectivity index (χ1v) is 8.90. The van der Waals surface area contributed by atoms with E-state index in [1.54, 1.807) is 6.92 Å². The summed E-state index contributed by atoms with van der Waals surface area (Å²) >= 11 is 6.23. The van der Waals surface area contributed by atoms with Gasteiger partial charge in [-0.2, -0.15) is 0 Å². The fraction of sp³-hybridized carbons (Fsp3) is 0.200. The standard InChI is InChI=1S/C20H15ClF3NO5/c1-9-11(7-15(26)27)16-13(25-9)8-12(21)19(29-2)17(16)18(28)10-5-3-4-6-14(10)30-20(22,23)24/h3-6,8,25H,7H2,1-2H3,(H,26,27). The number of carbonyl (C=O) groups is 2. The highest BCUT2D eigenvalue weighted by Gasteiger charge is 2.34. The fourth-order valence-corrected chi connectivity index (χ4v) is 3.58. The predicted molar refractivity (Wildman–Crippen MR) is 102 cm³/mol. The molecule has 0 atom stereocenters. The number of aliphatic carboxylic acids is 1. The Bertz CT molecular complexity index is 1150. The summed E-state index contributed by atoms with van der Waals surface area (Å²) in [4.78, 5) is 27.7. The van der Waals surface area contributed by atoms with Crippen molar-refractivity contribution in [1.29, 1.82) is 0 Å². The summed E-state index contributed by atoms with van der Waals surface area (Å²) in [6.45, 7) is 1.62. The van der Waals surface area contributed by atoms with Crippen LogP contribution in [0.25, 0.3) is 10.9 Å². The van der Waals surface area contributed by atoms with Crippen molar-refractivity contribution in [2.75, 3.05) is 7.11 Å². The van der Waals surface area contributed by atoms with Crippen molar-refractivity contribution in [2.24, 2.45) is 0 Å². The van der Waals surface area contributed by atoms with Crippen LogP contribution in [0.1, 0.15) is 27.2 Å². The number of aryl methyl sites for hydroxylation is 1. The average molecular weight is 442 g/mol. The van der Waals surface area contributed by atoms with Gasteiger partial charge in [0.05, 0.1) is 29.7 Å². The summed E-state index contributed by atoms with van der Waals surface area (Å²) in [5, 5.41) is 9.51. The van der Waals surface area contributed by atoms with Gasteiger partial charge in [-0.1, -0.05) is 23.7 Å². The molecule has 1 heterocycles. The molecule has 3 rings (SSSR count). The van der Waals surface area contributed by atoms with Crippen molar-refractivity contribution in [3.05, 3.63) is 57.7 Å². The number of alkyl halides is 3. The molecule has 0 saturated carbocycles. The molecular formula is C20H15ClF3NO5. The minimum atomic E-state index is -5.01. The van der Waals surface area contributed by atoms with Crippen LogP contribution < -0.4 is 9.47 Å². The molecule has 2 N–H and O–H groups in total. The number of nitrogens with one attached hydrogen (secondary N) is 1. The van der Waals surface area contributed by atoms with E-state index in [-0.39, 0.29) is 27.3 Å². The maximum absolute atomic E-state index is 13.4. The largest absolute Gasteiger partial charge is 0.573 e. The van der Waals surface area contributed by atoms with Crippen LogP contribution in [0.4, 0.5) is 13.2 Å². The summed E-state index contributed by atoms with van der Waals surface area (Å²) in [6.07, 6.45) is -5.43. The Labute approximate surface area is 173 Å². The molecule has 0 fully saturated rings. The molecule has 1 aromatic heterocycles. The van der Waals surface area contributed by atoms with Crippen molar-refractivity contribution in [1.82, 2.24) is 4.98 Å². The first-order valence-electron chi connectivity index (χ1n) is 8.52. The third kappa shape index (κ3) is 4.06. The SMILES string of the molecule is COc1c(Cl)cc2[nH]c(C)c(CC(=O)O)c2c1C(=O)c1ccccc1OC(F)(F)F. The Hall–Kier alpha value is -3.20. The van der Waals surface area contributed by atoms with E-state index in [2.05, 4.69) is 9.72 Å². The molecule has 0 aliphatic heterocycles. The summed E-state index contributed by atoms with van der Waals surface area (Å²) < 4.78 is 47.7. The molecule has 0 aliphatic carbocycles. The lowest BCUT2D eigenvalue weighted by Crippen LogP contribution is -2.19. The van der Waals surface area contributed by atoms with Crippen molar-refractivity contribution in [3.8, 4) is 11.5 Å². The number of benzene rings is 2. The summed E-state index contributed by atoms with van der Waals surface area (Å²) in [6, 6.07) is 6.31. The maximum Gasteiger partial charge on any atom is 0.573 e. The third-order valence-electron chi connectivity index (χ3n) is 4.43. The van der Waals surface area contributed by atoms with E-state index in [0.717, 1.165) is 6.07 Å². The van der Waals surface area contributed by atoms with Gasteiger partial charge in [-0.05, 0) is 30.7 Å². The number of carboxylic acids is 1. The Morgan fingerprint density at radius 3 is 2.50 bits per heavy atom. The zero-order valence-electron chi connectivity index (χ0n) is 15.7. The molecular weight excluding hydrogens is 427 g/mol. The number of carbonyl (C=O) groups excluding carboxylic acids is 1. The molecule has 0 aliphatic rings. The Kier molecular flexibility index (Phi) is 5.67. The number of fused-ring (bicyclic) bond motifs is 1. The number of carboxylic acid groups (broad SMARTS) is 1. The molecule has 158 valence electrons. The highest BCUT2D eigenvalue weighted by molar-refractivity contribution is 6.35. The minimum Gasteiger partial charge on any atom is -0.494 e. The minimum absolute atomic E-state index is 0.0331. The van der Waals surface area contributed by atoms with Crippen molar-refractivity contribution in [3.63, 3.8) is 0 Å². The Morgan fingerprint density at radius 1 is 1.23 bits per heavy atom. The number of ketones is 1. The molecule has 0 bridgehead atoms. The van der Waals surface area contributed by atoms with Crippen LogP contribution in [-0.4, -0.2) is 35.3 Å². The number of halogens is 4. The van der Waals surface area contributed by atoms with Gasteiger partial charge in [0, 0.05) is 16.6 Å². The van der Waals surface area contributed by atoms with E-state index < -0.39 is 30.3 Å². The molecule has 2 aromatic carbocycles. The van der Waals surface area contributed by atoms with Crippen LogP contribution in [0.2, 0.25) is 5.02 Å². The number of methoxy groups -OCH3 is 1. The van der Waals surface area contributed by atoms with E-state index in [4.69, 9.17) is 16.3 Å². The third-order valence-corrected chi connectivity index (χ3v) is 4.71. The lowest BCUT2D eigenvalue weighted by molar-refractivity contribution is -0.274. The smallest absolute Gasteiger partial charge is 0.494 e. The first kappa shape index (κ1) is 21.5. The molecule has 0 unspecified atom stereocenters. The van der Waals surface area contributed by atoms with E-state index >= 15 is 0 Å². The summed E-state index contributed by atoms with van der Waals surface area (Å²) in [5.41, 5.74) is 0.596. The second-order valence-corrected chi connectivity index (χ2v) is 6.77. The first-order chi connectivity index (χ1) is 14.0. The number of ether oxygens (including phenoxy) is 2. The van der Waals surface area contributed by atoms with Gasteiger partial charge >= 0.3 is 12.3 Å². The van der Waals surface area contributed by atoms with E-state index in [9.17, 15) is 27.9 Å². The normalized spacial score (nSPS) is 11.5. The zero-order valence-corrected chi connectivity index (χ0v) is 16.4. The topological polar surface area (TPSA) is 88.6 Å². The van der Waals surface area contributed by atoms with Gasteiger partial charge in [-0.3, -0.25) is 9.59 Å². The quantitative estimate of drug-likeness (QED) is 0.531. The zero-order chi connectivity index (χ0) is 22.2. The Morgan fingerprint density at radius 2 is 1.90 bits per heavy atom. The van der Waals surface area contributed by atoms with Gasteiger partial charge < -0.3 is 19.6 Å². The van der Waals surface area contributed by atoms with Crippen LogP contribution in [0.5, 0.6) is 11.5 Å². The predicted octanol–water partition coefficient (Wildman–Crippen LogP) is 4.90. The van der Waals surface area contributed by atoms with Crippen LogP contribution in [0, 0.1) is 6.92 Å². The van der Waals surface area contributed by atoms with Gasteiger partial charge in [0.15, 0.2) is 0 Å². The number of rotatable bonds is 6. The van der Waals surface area contributed by atoms with Crippen LogP contribution in [0.3, 0.4) is 0 Å². The monoisotopic (exact) mass is 441 g/mol. The van der Waals surface area contributed by atoms with Crippen LogP contribution in [-0.2, 0) is 11.2 Å². The van der Waals surface area contributed by atoms with E-state index in [0.29, 0.717) is 16.8 Å². The van der Waals surface area contributed by atoms with Gasteiger partial charge in [-0.15, -0.1) is 13.2 Å². The molecule has 3 aromatic rings. The molecule has 10 heteroatoms. The van der Waals surface area contributed by atoms with Gasteiger partial charge in [0.25, 0.3) is 0 Å². The van der Waals surface area contributed by atoms with Crippen molar-refractivity contribution >= 4 is 34.3 Å². The Balaban J connectivity index is 2.32. The van der Waals surface area contributed by atoms with Crippen LogP contribution >= 0.6 is 11.6 Å². The fourth-order valence-electron chi connectivity index (χ4n) is 3.30. The number of H-pyrrole nitrogens is 1. The van der Waals surface area contributed by atoms with Crippen LogP contribution in [0.15, 0.2) is 30.3 Å². The van der Waals surface area contributed by atoms with Crippen molar-refractivity contribution in [2.45, 2.75) is 19.7 Å². The average Bonchev–Trinajstić information content (AvgIpc) is 2.93. The van der Waals surface area contributed by atoms with E-state index in [1.165, 1.54) is 31.4 Å². The molecule has 30 heavy (non-hydrogen) atoms. The molecule has 6 nitrogen and oxygen atoms in total.